The number of aliphatic imine (C=N–C) groups is 1. The van der Waals surface area contributed by atoms with E-state index in [-0.39, 0.29) is 12.5 Å². The van der Waals surface area contributed by atoms with Crippen LogP contribution in [-0.2, 0) is 9.53 Å². The maximum Gasteiger partial charge on any atom is 0.248 e. The lowest BCUT2D eigenvalue weighted by molar-refractivity contribution is -0.142. The van der Waals surface area contributed by atoms with Gasteiger partial charge in [-0.2, -0.15) is 5.26 Å². The molecule has 0 aliphatic carbocycles. The molecule has 3 rings (SSSR count). The van der Waals surface area contributed by atoms with Gasteiger partial charge in [0.05, 0.1) is 18.0 Å². The average Bonchev–Trinajstić information content (AvgIpc) is 2.69. The Morgan fingerprint density at radius 1 is 1.50 bits per heavy atom. The van der Waals surface area contributed by atoms with Gasteiger partial charge in [-0.1, -0.05) is 6.07 Å². The van der Waals surface area contributed by atoms with Gasteiger partial charge in [-0.05, 0) is 47.0 Å². The molecule has 146 valence electrons. The van der Waals surface area contributed by atoms with Crippen LogP contribution in [0, 0.1) is 11.3 Å². The summed E-state index contributed by atoms with van der Waals surface area (Å²) >= 11 is 3.34. The summed E-state index contributed by atoms with van der Waals surface area (Å²) in [6, 6.07) is 7.68. The van der Waals surface area contributed by atoms with Crippen LogP contribution in [-0.4, -0.2) is 54.6 Å². The molecular weight excluding hydrogens is 424 g/mol. The fourth-order valence-corrected chi connectivity index (χ4v) is 3.22. The first-order valence-electron chi connectivity index (χ1n) is 8.96. The highest BCUT2D eigenvalue weighted by atomic mass is 79.9. The first kappa shape index (κ1) is 20.0. The van der Waals surface area contributed by atoms with Gasteiger partial charge in [0, 0.05) is 25.8 Å². The third kappa shape index (κ3) is 4.97. The number of guanidine groups is 1. The zero-order valence-electron chi connectivity index (χ0n) is 15.5. The fourth-order valence-electron chi connectivity index (χ4n) is 2.87. The fraction of sp³-hybridized carbons (Fsp3) is 0.368. The molecule has 0 bridgehead atoms. The smallest absolute Gasteiger partial charge is 0.248 e. The van der Waals surface area contributed by atoms with E-state index in [1.54, 1.807) is 11.0 Å². The van der Waals surface area contributed by atoms with Crippen molar-refractivity contribution in [2.24, 2.45) is 4.99 Å². The lowest BCUT2D eigenvalue weighted by Crippen LogP contribution is -2.42. The summed E-state index contributed by atoms with van der Waals surface area (Å²) in [5.74, 6) is 0.591. The highest BCUT2D eigenvalue weighted by molar-refractivity contribution is 9.10. The number of carbonyl (C=O) groups is 1. The molecule has 0 aromatic carbocycles. The Balaban J connectivity index is 1.67. The van der Waals surface area contributed by atoms with Crippen molar-refractivity contribution < 1.29 is 9.53 Å². The average molecular weight is 445 g/mol. The van der Waals surface area contributed by atoms with Gasteiger partial charge in [0.15, 0.2) is 5.96 Å². The largest absolute Gasteiger partial charge is 0.370 e. The van der Waals surface area contributed by atoms with E-state index in [0.29, 0.717) is 53.8 Å². The third-order valence-electron chi connectivity index (χ3n) is 4.34. The van der Waals surface area contributed by atoms with Crippen LogP contribution in [0.2, 0.25) is 0 Å². The molecule has 2 aliphatic heterocycles. The van der Waals surface area contributed by atoms with E-state index in [1.807, 2.05) is 25.3 Å². The van der Waals surface area contributed by atoms with Crippen LogP contribution in [0.1, 0.15) is 19.0 Å². The third-order valence-corrected chi connectivity index (χ3v) is 4.78. The summed E-state index contributed by atoms with van der Waals surface area (Å²) in [5.41, 5.74) is 2.59. The van der Waals surface area contributed by atoms with Crippen molar-refractivity contribution in [2.75, 3.05) is 32.8 Å². The van der Waals surface area contributed by atoms with E-state index in [9.17, 15) is 10.1 Å². The second-order valence-corrected chi connectivity index (χ2v) is 7.13. The maximum atomic E-state index is 11.7. The van der Waals surface area contributed by atoms with Gasteiger partial charge >= 0.3 is 0 Å². The van der Waals surface area contributed by atoms with Crippen molar-refractivity contribution in [1.82, 2.24) is 20.5 Å². The topological polar surface area (TPSA) is 103 Å². The van der Waals surface area contributed by atoms with E-state index in [0.717, 1.165) is 12.0 Å². The summed E-state index contributed by atoms with van der Waals surface area (Å²) in [7, 11) is 0. The first-order chi connectivity index (χ1) is 13.6. The number of nitriles is 1. The Bertz CT molecular complexity index is 887. The van der Waals surface area contributed by atoms with Crippen molar-refractivity contribution >= 4 is 33.4 Å². The number of ether oxygens (including phenoxy) is 1. The lowest BCUT2D eigenvalue weighted by Gasteiger charge is -2.26. The van der Waals surface area contributed by atoms with E-state index < -0.39 is 0 Å². The molecule has 0 saturated carbocycles. The molecule has 1 aromatic rings. The molecule has 3 heterocycles. The number of carbonyl (C=O) groups excluding carboxylic acids is 1. The standard InChI is InChI=1S/C19H21BrN6O2/c1-13-11-23-19(22-6-3-7-26-8-9-28-12-17(26)27)25-18(13)14(10-21)15-4-2-5-16(20)24-15/h2,4-5,11H,3,6-9,12H2,1H3,(H2,22,23,25)/b18-14-. The number of hydrogen-bond donors (Lipinski definition) is 2. The van der Waals surface area contributed by atoms with Crippen molar-refractivity contribution in [1.29, 1.82) is 5.26 Å². The highest BCUT2D eigenvalue weighted by Gasteiger charge is 2.19. The Morgan fingerprint density at radius 3 is 3.11 bits per heavy atom. The summed E-state index contributed by atoms with van der Waals surface area (Å²) in [5, 5.41) is 16.0. The molecule has 8 nitrogen and oxygen atoms in total. The van der Waals surface area contributed by atoms with E-state index in [2.05, 4.69) is 42.6 Å². The number of rotatable bonds is 5. The molecule has 28 heavy (non-hydrogen) atoms. The van der Waals surface area contributed by atoms with Crippen molar-refractivity contribution in [3.8, 4) is 6.07 Å². The molecule has 2 N–H and O–H groups in total. The van der Waals surface area contributed by atoms with Gasteiger partial charge in [0.2, 0.25) is 5.91 Å². The van der Waals surface area contributed by atoms with Crippen LogP contribution < -0.4 is 10.6 Å². The zero-order valence-corrected chi connectivity index (χ0v) is 17.1. The summed E-state index contributed by atoms with van der Waals surface area (Å²) in [6.45, 7) is 4.50. The predicted octanol–water partition coefficient (Wildman–Crippen LogP) is 1.78. The zero-order chi connectivity index (χ0) is 19.9. The van der Waals surface area contributed by atoms with Crippen LogP contribution in [0.3, 0.4) is 0 Å². The molecule has 1 fully saturated rings. The number of pyridine rings is 1. The Morgan fingerprint density at radius 2 is 2.36 bits per heavy atom. The second kappa shape index (κ2) is 9.48. The minimum Gasteiger partial charge on any atom is -0.370 e. The minimum absolute atomic E-state index is 0.0248. The Hall–Kier alpha value is -2.70. The van der Waals surface area contributed by atoms with Gasteiger partial charge in [-0.3, -0.25) is 9.79 Å². The normalized spacial score (nSPS) is 20.2. The number of nitrogens with zero attached hydrogens (tertiary/aromatic N) is 4. The number of morpholine rings is 1. The minimum atomic E-state index is 0.0248. The van der Waals surface area contributed by atoms with Gasteiger partial charge in [0.1, 0.15) is 22.9 Å². The van der Waals surface area contributed by atoms with Crippen molar-refractivity contribution in [3.05, 3.63) is 46.0 Å². The highest BCUT2D eigenvalue weighted by Crippen LogP contribution is 2.22. The Labute approximate surface area is 172 Å². The Kier molecular flexibility index (Phi) is 6.79. The van der Waals surface area contributed by atoms with E-state index in [4.69, 9.17) is 4.74 Å². The van der Waals surface area contributed by atoms with Crippen molar-refractivity contribution in [3.63, 3.8) is 0 Å². The SMILES string of the molecule is CC1=CNC(=NCCCN2CCOCC2=O)N/C1=C(/C#N)c1cccc(Br)n1. The molecular formula is C19H21BrN6O2. The first-order valence-corrected chi connectivity index (χ1v) is 9.76. The van der Waals surface area contributed by atoms with Crippen LogP contribution in [0.5, 0.6) is 0 Å². The van der Waals surface area contributed by atoms with Gasteiger partial charge in [-0.15, -0.1) is 0 Å². The van der Waals surface area contributed by atoms with Gasteiger partial charge in [-0.25, -0.2) is 4.98 Å². The van der Waals surface area contributed by atoms with Crippen LogP contribution in [0.4, 0.5) is 0 Å². The maximum absolute atomic E-state index is 11.7. The summed E-state index contributed by atoms with van der Waals surface area (Å²) in [4.78, 5) is 22.4. The summed E-state index contributed by atoms with van der Waals surface area (Å²) in [6.07, 6.45) is 2.56. The lowest BCUT2D eigenvalue weighted by atomic mass is 10.1. The summed E-state index contributed by atoms with van der Waals surface area (Å²) < 4.78 is 5.79. The molecule has 1 saturated heterocycles. The molecule has 1 aromatic heterocycles. The van der Waals surface area contributed by atoms with E-state index in [1.165, 1.54) is 0 Å². The van der Waals surface area contributed by atoms with Gasteiger partial charge in [0.25, 0.3) is 0 Å². The molecule has 1 amide bonds. The number of amides is 1. The van der Waals surface area contributed by atoms with Crippen LogP contribution >= 0.6 is 15.9 Å². The number of hydrogen-bond acceptors (Lipinski definition) is 5. The number of aromatic nitrogens is 1. The molecule has 0 radical (unpaired) electrons. The molecule has 0 unspecified atom stereocenters. The molecule has 0 atom stereocenters. The molecule has 2 aliphatic rings. The van der Waals surface area contributed by atoms with Crippen LogP contribution in [0.25, 0.3) is 5.57 Å². The number of halogens is 1. The number of allylic oxidation sites excluding steroid dienone is 2. The molecule has 0 spiro atoms. The monoisotopic (exact) mass is 444 g/mol. The van der Waals surface area contributed by atoms with Crippen molar-refractivity contribution in [2.45, 2.75) is 13.3 Å². The number of nitrogens with one attached hydrogen (secondary N) is 2. The quantitative estimate of drug-likeness (QED) is 0.407. The molecule has 9 heteroatoms. The second-order valence-electron chi connectivity index (χ2n) is 6.32. The van der Waals surface area contributed by atoms with E-state index >= 15 is 0 Å². The van der Waals surface area contributed by atoms with Gasteiger partial charge < -0.3 is 20.3 Å². The van der Waals surface area contributed by atoms with Crippen LogP contribution in [0.15, 0.2) is 45.3 Å². The predicted molar refractivity (Wildman–Crippen MR) is 109 cm³/mol.